The Bertz CT molecular complexity index is 604. The molecular weight excluding hydrogens is 275 g/mol. The number of pyridine rings is 1. The van der Waals surface area contributed by atoms with Crippen molar-refractivity contribution in [2.24, 2.45) is 0 Å². The van der Waals surface area contributed by atoms with E-state index < -0.39 is 5.82 Å². The molecule has 0 N–H and O–H groups in total. The average Bonchev–Trinajstić information content (AvgIpc) is 2.48. The van der Waals surface area contributed by atoms with E-state index in [1.165, 1.54) is 18.2 Å². The van der Waals surface area contributed by atoms with Crippen molar-refractivity contribution in [1.29, 1.82) is 0 Å². The first-order valence-electron chi connectivity index (χ1n) is 6.29. The van der Waals surface area contributed by atoms with Crippen LogP contribution in [0.5, 0.6) is 0 Å². The number of carbonyl (C=O) groups is 1. The molecule has 0 spiro atoms. The first-order chi connectivity index (χ1) is 9.61. The summed E-state index contributed by atoms with van der Waals surface area (Å²) in [5.41, 5.74) is 1.24. The van der Waals surface area contributed by atoms with Crippen LogP contribution in [0.4, 0.5) is 4.39 Å². The number of rotatable bonds is 4. The molecule has 1 aromatic heterocycles. The number of hydrogen-bond acceptors (Lipinski definition) is 3. The lowest BCUT2D eigenvalue weighted by molar-refractivity contribution is 0.0750. The largest absolute Gasteiger partial charge is 0.333 e. The number of carbonyl (C=O) groups excluding carboxylic acids is 1. The van der Waals surface area contributed by atoms with E-state index in [2.05, 4.69) is 17.6 Å². The van der Waals surface area contributed by atoms with Crippen LogP contribution in [0.2, 0.25) is 0 Å². The summed E-state index contributed by atoms with van der Waals surface area (Å²) in [5.74, 6) is -0.592. The van der Waals surface area contributed by atoms with Gasteiger partial charge in [0.15, 0.2) is 0 Å². The lowest BCUT2D eigenvalue weighted by Gasteiger charge is -2.20. The second-order valence-electron chi connectivity index (χ2n) is 4.31. The first kappa shape index (κ1) is 14.5. The highest BCUT2D eigenvalue weighted by atomic mass is 32.1. The number of amides is 1. The Balaban J connectivity index is 2.18. The highest BCUT2D eigenvalue weighted by Gasteiger charge is 2.16. The van der Waals surface area contributed by atoms with Gasteiger partial charge < -0.3 is 4.90 Å². The summed E-state index contributed by atoms with van der Waals surface area (Å²) in [5, 5.41) is 0. The van der Waals surface area contributed by atoms with Crippen LogP contribution in [0.15, 0.2) is 47.5 Å². The Morgan fingerprint density at radius 2 is 2.15 bits per heavy atom. The van der Waals surface area contributed by atoms with Crippen LogP contribution < -0.4 is 0 Å². The van der Waals surface area contributed by atoms with Crippen molar-refractivity contribution in [3.63, 3.8) is 0 Å². The van der Waals surface area contributed by atoms with Gasteiger partial charge in [0.2, 0.25) is 0 Å². The summed E-state index contributed by atoms with van der Waals surface area (Å²) < 4.78 is 13.2. The van der Waals surface area contributed by atoms with Crippen LogP contribution in [0, 0.1) is 5.82 Å². The van der Waals surface area contributed by atoms with Gasteiger partial charge in [-0.3, -0.25) is 9.78 Å². The van der Waals surface area contributed by atoms with E-state index in [4.69, 9.17) is 0 Å². The summed E-state index contributed by atoms with van der Waals surface area (Å²) in [6.45, 7) is 2.87. The quantitative estimate of drug-likeness (QED) is 0.877. The van der Waals surface area contributed by atoms with E-state index in [0.29, 0.717) is 18.7 Å². The van der Waals surface area contributed by atoms with Crippen molar-refractivity contribution in [2.75, 3.05) is 6.54 Å². The summed E-state index contributed by atoms with van der Waals surface area (Å²) in [6, 6.07) is 9.74. The zero-order valence-corrected chi connectivity index (χ0v) is 12.0. The highest BCUT2D eigenvalue weighted by molar-refractivity contribution is 7.80. The number of nitrogens with zero attached hydrogens (tertiary/aromatic N) is 2. The molecule has 0 aliphatic carbocycles. The van der Waals surface area contributed by atoms with Crippen molar-refractivity contribution >= 4 is 18.5 Å². The summed E-state index contributed by atoms with van der Waals surface area (Å²) in [6.07, 6.45) is 1.69. The Hall–Kier alpha value is -1.88. The molecule has 104 valence electrons. The Labute approximate surface area is 122 Å². The van der Waals surface area contributed by atoms with Crippen LogP contribution in [-0.4, -0.2) is 22.3 Å². The molecule has 0 fully saturated rings. The average molecular weight is 290 g/mol. The molecule has 1 heterocycles. The summed E-state index contributed by atoms with van der Waals surface area (Å²) in [7, 11) is 0. The number of aromatic nitrogens is 1. The van der Waals surface area contributed by atoms with Crippen molar-refractivity contribution < 1.29 is 9.18 Å². The molecule has 3 nitrogen and oxygen atoms in total. The van der Waals surface area contributed by atoms with Gasteiger partial charge in [-0.05, 0) is 37.3 Å². The fraction of sp³-hybridized carbons (Fsp3) is 0.200. The SMILES string of the molecule is CCN(Cc1ccccn1)C(=O)c1ccc(F)c(S)c1. The van der Waals surface area contributed by atoms with Crippen LogP contribution in [0.25, 0.3) is 0 Å². The van der Waals surface area contributed by atoms with Crippen molar-refractivity contribution in [3.05, 3.63) is 59.7 Å². The van der Waals surface area contributed by atoms with Gasteiger partial charge in [-0.2, -0.15) is 0 Å². The number of benzene rings is 1. The van der Waals surface area contributed by atoms with E-state index in [0.717, 1.165) is 5.69 Å². The van der Waals surface area contributed by atoms with E-state index in [9.17, 15) is 9.18 Å². The molecule has 0 aliphatic rings. The molecular formula is C15H15FN2OS. The van der Waals surface area contributed by atoms with Gasteiger partial charge >= 0.3 is 0 Å². The molecule has 0 bridgehead atoms. The third-order valence-electron chi connectivity index (χ3n) is 2.94. The van der Waals surface area contributed by atoms with Crippen LogP contribution in [0.1, 0.15) is 23.0 Å². The third kappa shape index (κ3) is 3.36. The number of hydrogen-bond donors (Lipinski definition) is 1. The van der Waals surface area contributed by atoms with E-state index in [1.807, 2.05) is 25.1 Å². The number of thiol groups is 1. The molecule has 1 amide bonds. The van der Waals surface area contributed by atoms with Crippen molar-refractivity contribution in [3.8, 4) is 0 Å². The molecule has 0 radical (unpaired) electrons. The molecule has 0 unspecified atom stereocenters. The molecule has 5 heteroatoms. The van der Waals surface area contributed by atoms with Crippen LogP contribution >= 0.6 is 12.6 Å². The minimum absolute atomic E-state index is 0.159. The fourth-order valence-corrected chi connectivity index (χ4v) is 2.06. The molecule has 0 saturated carbocycles. The molecule has 2 aromatic rings. The number of halogens is 1. The topological polar surface area (TPSA) is 33.2 Å². The predicted molar refractivity (Wildman–Crippen MR) is 78.3 cm³/mol. The third-order valence-corrected chi connectivity index (χ3v) is 3.28. The van der Waals surface area contributed by atoms with Crippen molar-refractivity contribution in [2.45, 2.75) is 18.4 Å². The maximum Gasteiger partial charge on any atom is 0.254 e. The minimum Gasteiger partial charge on any atom is -0.333 e. The van der Waals surface area contributed by atoms with Gasteiger partial charge in [-0.1, -0.05) is 6.07 Å². The minimum atomic E-state index is -0.433. The predicted octanol–water partition coefficient (Wildman–Crippen LogP) is 3.17. The smallest absolute Gasteiger partial charge is 0.254 e. The Kier molecular flexibility index (Phi) is 4.74. The second-order valence-corrected chi connectivity index (χ2v) is 4.79. The van der Waals surface area contributed by atoms with Crippen molar-refractivity contribution in [1.82, 2.24) is 9.88 Å². The van der Waals surface area contributed by atoms with Gasteiger partial charge in [0.1, 0.15) is 5.82 Å². The van der Waals surface area contributed by atoms with Crippen LogP contribution in [0.3, 0.4) is 0 Å². The molecule has 0 aliphatic heterocycles. The van der Waals surface area contributed by atoms with Crippen LogP contribution in [-0.2, 0) is 6.54 Å². The van der Waals surface area contributed by atoms with Gasteiger partial charge in [0.05, 0.1) is 12.2 Å². The standard InChI is InChI=1S/C15H15FN2OS/c1-2-18(10-12-5-3-4-8-17-12)15(19)11-6-7-13(16)14(20)9-11/h3-9,20H,2,10H2,1H3. The zero-order chi connectivity index (χ0) is 14.5. The Morgan fingerprint density at radius 1 is 1.35 bits per heavy atom. The Morgan fingerprint density at radius 3 is 2.75 bits per heavy atom. The monoisotopic (exact) mass is 290 g/mol. The van der Waals surface area contributed by atoms with Gasteiger partial charge in [-0.25, -0.2) is 4.39 Å². The van der Waals surface area contributed by atoms with E-state index >= 15 is 0 Å². The summed E-state index contributed by atoms with van der Waals surface area (Å²) in [4.78, 5) is 18.4. The maximum atomic E-state index is 13.2. The van der Waals surface area contributed by atoms with E-state index in [1.54, 1.807) is 11.1 Å². The fourth-order valence-electron chi connectivity index (χ4n) is 1.84. The summed E-state index contributed by atoms with van der Waals surface area (Å²) >= 11 is 4.00. The normalized spacial score (nSPS) is 10.3. The first-order valence-corrected chi connectivity index (χ1v) is 6.74. The van der Waals surface area contributed by atoms with Gasteiger partial charge in [-0.15, -0.1) is 12.6 Å². The van der Waals surface area contributed by atoms with Gasteiger partial charge in [0, 0.05) is 23.2 Å². The molecule has 1 aromatic carbocycles. The molecule has 0 atom stereocenters. The zero-order valence-electron chi connectivity index (χ0n) is 11.1. The maximum absolute atomic E-state index is 13.2. The molecule has 20 heavy (non-hydrogen) atoms. The highest BCUT2D eigenvalue weighted by Crippen LogP contribution is 2.16. The lowest BCUT2D eigenvalue weighted by Crippen LogP contribution is -2.30. The van der Waals surface area contributed by atoms with E-state index in [-0.39, 0.29) is 10.8 Å². The van der Waals surface area contributed by atoms with Gasteiger partial charge in [0.25, 0.3) is 5.91 Å². The molecule has 0 saturated heterocycles. The lowest BCUT2D eigenvalue weighted by atomic mass is 10.2. The molecule has 2 rings (SSSR count). The second kappa shape index (κ2) is 6.52.